The second-order valence-electron chi connectivity index (χ2n) is 4.44. The van der Waals surface area contributed by atoms with Crippen molar-refractivity contribution in [2.45, 2.75) is 19.5 Å². The molecular formula is C14H18N4O. The lowest BCUT2D eigenvalue weighted by Crippen LogP contribution is -2.37. The number of carbonyl (C=O) groups is 1. The van der Waals surface area contributed by atoms with Gasteiger partial charge in [0, 0.05) is 25.5 Å². The zero-order valence-electron chi connectivity index (χ0n) is 11.1. The summed E-state index contributed by atoms with van der Waals surface area (Å²) in [5.41, 5.74) is 1.72. The maximum atomic E-state index is 11.9. The van der Waals surface area contributed by atoms with Crippen molar-refractivity contribution in [3.8, 4) is 0 Å². The second-order valence-corrected chi connectivity index (χ2v) is 4.44. The van der Waals surface area contributed by atoms with Gasteiger partial charge >= 0.3 is 0 Å². The summed E-state index contributed by atoms with van der Waals surface area (Å²) in [5.74, 6) is -0.0536. The van der Waals surface area contributed by atoms with Gasteiger partial charge in [0.05, 0.1) is 11.7 Å². The molecule has 5 nitrogen and oxygen atoms in total. The Bertz CT molecular complexity index is 535. The molecule has 0 saturated carbocycles. The molecule has 2 rings (SSSR count). The molecule has 0 spiro atoms. The van der Waals surface area contributed by atoms with E-state index < -0.39 is 0 Å². The third-order valence-corrected chi connectivity index (χ3v) is 2.79. The lowest BCUT2D eigenvalue weighted by atomic mass is 10.2. The van der Waals surface area contributed by atoms with Crippen molar-refractivity contribution in [2.24, 2.45) is 7.05 Å². The van der Waals surface area contributed by atoms with Gasteiger partial charge in [-0.05, 0) is 25.1 Å². The Labute approximate surface area is 112 Å². The highest BCUT2D eigenvalue weighted by atomic mass is 16.2. The average molecular weight is 258 g/mol. The van der Waals surface area contributed by atoms with E-state index in [0.29, 0.717) is 6.54 Å². The maximum absolute atomic E-state index is 11.9. The predicted octanol–water partition coefficient (Wildman–Crippen LogP) is 1.54. The highest BCUT2D eigenvalue weighted by molar-refractivity contribution is 5.94. The summed E-state index contributed by atoms with van der Waals surface area (Å²) < 4.78 is 1.74. The van der Waals surface area contributed by atoms with Crippen molar-refractivity contribution in [1.82, 2.24) is 15.1 Å². The normalized spacial score (nSPS) is 12.1. The SMILES string of the molecule is CC(NCc1ccn(C)n1)C(=O)Nc1ccccc1. The predicted molar refractivity (Wildman–Crippen MR) is 74.6 cm³/mol. The lowest BCUT2D eigenvalue weighted by Gasteiger charge is -2.13. The van der Waals surface area contributed by atoms with Crippen LogP contribution in [0.4, 0.5) is 5.69 Å². The first-order valence-corrected chi connectivity index (χ1v) is 6.23. The summed E-state index contributed by atoms with van der Waals surface area (Å²) >= 11 is 0. The topological polar surface area (TPSA) is 59.0 Å². The van der Waals surface area contributed by atoms with Gasteiger partial charge in [-0.15, -0.1) is 0 Å². The minimum absolute atomic E-state index is 0.0536. The van der Waals surface area contributed by atoms with Gasteiger partial charge in [-0.25, -0.2) is 0 Å². The number of aryl methyl sites for hydroxylation is 1. The Hall–Kier alpha value is -2.14. The standard InChI is InChI=1S/C14H18N4O/c1-11(15-10-13-8-9-18(2)17-13)14(19)16-12-6-4-3-5-7-12/h3-9,11,15H,10H2,1-2H3,(H,16,19). The van der Waals surface area contributed by atoms with Gasteiger partial charge in [-0.2, -0.15) is 5.10 Å². The zero-order valence-corrected chi connectivity index (χ0v) is 11.1. The van der Waals surface area contributed by atoms with Crippen molar-refractivity contribution in [3.63, 3.8) is 0 Å². The Kier molecular flexibility index (Phi) is 4.30. The highest BCUT2D eigenvalue weighted by Crippen LogP contribution is 2.05. The first-order chi connectivity index (χ1) is 9.15. The number of para-hydroxylation sites is 1. The number of nitrogens with one attached hydrogen (secondary N) is 2. The van der Waals surface area contributed by atoms with Crippen molar-refractivity contribution in [1.29, 1.82) is 0 Å². The summed E-state index contributed by atoms with van der Waals surface area (Å²) in [5, 5.41) is 10.2. The molecule has 0 saturated heterocycles. The van der Waals surface area contributed by atoms with Gasteiger partial charge < -0.3 is 10.6 Å². The maximum Gasteiger partial charge on any atom is 0.241 e. The molecule has 0 radical (unpaired) electrons. The zero-order chi connectivity index (χ0) is 13.7. The van der Waals surface area contributed by atoms with Crippen LogP contribution in [-0.4, -0.2) is 21.7 Å². The van der Waals surface area contributed by atoms with Crippen LogP contribution in [0.1, 0.15) is 12.6 Å². The van der Waals surface area contributed by atoms with Crippen LogP contribution in [0.3, 0.4) is 0 Å². The number of hydrogen-bond donors (Lipinski definition) is 2. The van der Waals surface area contributed by atoms with Crippen LogP contribution in [0.25, 0.3) is 0 Å². The minimum atomic E-state index is -0.276. The largest absolute Gasteiger partial charge is 0.325 e. The van der Waals surface area contributed by atoms with E-state index >= 15 is 0 Å². The first kappa shape index (κ1) is 13.3. The first-order valence-electron chi connectivity index (χ1n) is 6.23. The number of aromatic nitrogens is 2. The molecule has 2 N–H and O–H groups in total. The summed E-state index contributed by atoms with van der Waals surface area (Å²) in [6.45, 7) is 2.41. The number of hydrogen-bond acceptors (Lipinski definition) is 3. The molecule has 0 bridgehead atoms. The Balaban J connectivity index is 1.82. The molecule has 5 heteroatoms. The van der Waals surface area contributed by atoms with E-state index in [1.165, 1.54) is 0 Å². The molecule has 1 amide bonds. The molecule has 0 aliphatic carbocycles. The smallest absolute Gasteiger partial charge is 0.241 e. The van der Waals surface area contributed by atoms with E-state index in [1.54, 1.807) is 4.68 Å². The summed E-state index contributed by atoms with van der Waals surface area (Å²) in [7, 11) is 1.87. The minimum Gasteiger partial charge on any atom is -0.325 e. The van der Waals surface area contributed by atoms with E-state index in [4.69, 9.17) is 0 Å². The molecule has 2 aromatic rings. The van der Waals surface area contributed by atoms with Crippen molar-refractivity contribution < 1.29 is 4.79 Å². The number of nitrogens with zero attached hydrogens (tertiary/aromatic N) is 2. The molecule has 1 aromatic heterocycles. The van der Waals surface area contributed by atoms with Crippen molar-refractivity contribution in [2.75, 3.05) is 5.32 Å². The molecule has 0 fully saturated rings. The molecule has 19 heavy (non-hydrogen) atoms. The van der Waals surface area contributed by atoms with Gasteiger partial charge in [-0.3, -0.25) is 9.48 Å². The van der Waals surface area contributed by atoms with E-state index in [9.17, 15) is 4.79 Å². The van der Waals surface area contributed by atoms with E-state index in [2.05, 4.69) is 15.7 Å². The van der Waals surface area contributed by atoms with Crippen LogP contribution in [-0.2, 0) is 18.4 Å². The Morgan fingerprint density at radius 3 is 2.68 bits per heavy atom. The molecule has 1 atom stereocenters. The van der Waals surface area contributed by atoms with Crippen LogP contribution in [0.2, 0.25) is 0 Å². The summed E-state index contributed by atoms with van der Waals surface area (Å²) in [6, 6.07) is 11.1. The molecule has 0 aliphatic heterocycles. The van der Waals surface area contributed by atoms with Crippen LogP contribution < -0.4 is 10.6 Å². The molecule has 1 unspecified atom stereocenters. The molecule has 1 aromatic carbocycles. The van der Waals surface area contributed by atoms with Gasteiger partial charge in [0.15, 0.2) is 0 Å². The van der Waals surface area contributed by atoms with Crippen LogP contribution in [0.5, 0.6) is 0 Å². The van der Waals surface area contributed by atoms with Crippen molar-refractivity contribution in [3.05, 3.63) is 48.3 Å². The van der Waals surface area contributed by atoms with Gasteiger partial charge in [0.1, 0.15) is 0 Å². The van der Waals surface area contributed by atoms with Gasteiger partial charge in [0.2, 0.25) is 5.91 Å². The fourth-order valence-electron chi connectivity index (χ4n) is 1.68. The number of anilines is 1. The Morgan fingerprint density at radius 1 is 1.32 bits per heavy atom. The number of rotatable bonds is 5. The fraction of sp³-hybridized carbons (Fsp3) is 0.286. The fourth-order valence-corrected chi connectivity index (χ4v) is 1.68. The number of benzene rings is 1. The van der Waals surface area contributed by atoms with E-state index in [0.717, 1.165) is 11.4 Å². The average Bonchev–Trinajstić information content (AvgIpc) is 2.83. The Morgan fingerprint density at radius 2 is 2.05 bits per heavy atom. The quantitative estimate of drug-likeness (QED) is 0.855. The van der Waals surface area contributed by atoms with Gasteiger partial charge in [-0.1, -0.05) is 18.2 Å². The van der Waals surface area contributed by atoms with Crippen LogP contribution in [0, 0.1) is 0 Å². The van der Waals surface area contributed by atoms with Gasteiger partial charge in [0.25, 0.3) is 0 Å². The summed E-state index contributed by atoms with van der Waals surface area (Å²) in [6.07, 6.45) is 1.88. The molecule has 0 aliphatic rings. The second kappa shape index (κ2) is 6.15. The van der Waals surface area contributed by atoms with E-state index in [-0.39, 0.29) is 11.9 Å². The third kappa shape index (κ3) is 3.93. The van der Waals surface area contributed by atoms with Crippen molar-refractivity contribution >= 4 is 11.6 Å². The molecular weight excluding hydrogens is 240 g/mol. The number of amides is 1. The van der Waals surface area contributed by atoms with Crippen LogP contribution >= 0.6 is 0 Å². The molecule has 1 heterocycles. The molecule has 100 valence electrons. The highest BCUT2D eigenvalue weighted by Gasteiger charge is 2.12. The number of carbonyl (C=O) groups excluding carboxylic acids is 1. The van der Waals surface area contributed by atoms with Crippen LogP contribution in [0.15, 0.2) is 42.6 Å². The van der Waals surface area contributed by atoms with E-state index in [1.807, 2.05) is 56.6 Å². The summed E-state index contributed by atoms with van der Waals surface area (Å²) in [4.78, 5) is 11.9. The lowest BCUT2D eigenvalue weighted by molar-refractivity contribution is -0.117. The third-order valence-electron chi connectivity index (χ3n) is 2.79. The monoisotopic (exact) mass is 258 g/mol.